The molecule has 0 aromatic heterocycles. The van der Waals surface area contributed by atoms with Gasteiger partial charge in [0, 0.05) is 6.54 Å². The SMILES string of the molecule is CC(C)OCCOCC(O)CNc1c(F)cccc1F. The third kappa shape index (κ3) is 6.27. The van der Waals surface area contributed by atoms with Crippen molar-refractivity contribution in [2.24, 2.45) is 0 Å². The second-order valence-electron chi connectivity index (χ2n) is 4.63. The molecule has 0 radical (unpaired) electrons. The van der Waals surface area contributed by atoms with Gasteiger partial charge in [0.25, 0.3) is 0 Å². The summed E-state index contributed by atoms with van der Waals surface area (Å²) >= 11 is 0. The Morgan fingerprint density at radius 3 is 2.45 bits per heavy atom. The maximum atomic E-state index is 13.3. The van der Waals surface area contributed by atoms with Gasteiger partial charge in [-0.2, -0.15) is 0 Å². The summed E-state index contributed by atoms with van der Waals surface area (Å²) in [7, 11) is 0. The summed E-state index contributed by atoms with van der Waals surface area (Å²) in [5.74, 6) is -1.38. The molecular formula is C14H21F2NO3. The van der Waals surface area contributed by atoms with Gasteiger partial charge in [-0.1, -0.05) is 6.07 Å². The number of rotatable bonds is 9. The van der Waals surface area contributed by atoms with E-state index in [0.29, 0.717) is 13.2 Å². The van der Waals surface area contributed by atoms with Crippen LogP contribution in [0.25, 0.3) is 0 Å². The Labute approximate surface area is 117 Å². The topological polar surface area (TPSA) is 50.7 Å². The molecule has 0 amide bonds. The third-order valence-electron chi connectivity index (χ3n) is 2.47. The van der Waals surface area contributed by atoms with Gasteiger partial charge in [-0.3, -0.25) is 0 Å². The molecule has 1 rings (SSSR count). The number of nitrogens with one attached hydrogen (secondary N) is 1. The summed E-state index contributed by atoms with van der Waals surface area (Å²) in [6.07, 6.45) is -0.720. The van der Waals surface area contributed by atoms with E-state index in [1.54, 1.807) is 0 Å². The smallest absolute Gasteiger partial charge is 0.149 e. The third-order valence-corrected chi connectivity index (χ3v) is 2.47. The molecule has 0 aliphatic heterocycles. The summed E-state index contributed by atoms with van der Waals surface area (Å²) in [4.78, 5) is 0. The molecule has 2 N–H and O–H groups in total. The van der Waals surface area contributed by atoms with Crippen LogP contribution in [-0.4, -0.2) is 43.7 Å². The Bertz CT molecular complexity index is 382. The maximum absolute atomic E-state index is 13.3. The highest BCUT2D eigenvalue weighted by Gasteiger charge is 2.10. The molecule has 0 fully saturated rings. The zero-order chi connectivity index (χ0) is 15.0. The molecular weight excluding hydrogens is 268 g/mol. The average molecular weight is 289 g/mol. The van der Waals surface area contributed by atoms with Gasteiger partial charge in [0.2, 0.25) is 0 Å². The van der Waals surface area contributed by atoms with Crippen LogP contribution >= 0.6 is 0 Å². The van der Waals surface area contributed by atoms with Gasteiger partial charge in [0.1, 0.15) is 17.3 Å². The molecule has 0 saturated heterocycles. The average Bonchev–Trinajstić information content (AvgIpc) is 2.37. The van der Waals surface area contributed by atoms with Crippen molar-refractivity contribution in [2.75, 3.05) is 31.7 Å². The van der Waals surface area contributed by atoms with Gasteiger partial charge >= 0.3 is 0 Å². The fourth-order valence-corrected chi connectivity index (χ4v) is 1.51. The molecule has 1 unspecified atom stereocenters. The molecule has 1 aromatic carbocycles. The van der Waals surface area contributed by atoms with Crippen molar-refractivity contribution >= 4 is 5.69 Å². The summed E-state index contributed by atoms with van der Waals surface area (Å²) < 4.78 is 37.0. The van der Waals surface area contributed by atoms with Gasteiger partial charge < -0.3 is 19.9 Å². The van der Waals surface area contributed by atoms with E-state index < -0.39 is 17.7 Å². The van der Waals surface area contributed by atoms with Crippen LogP contribution in [-0.2, 0) is 9.47 Å². The first kappa shape index (κ1) is 16.8. The minimum Gasteiger partial charge on any atom is -0.389 e. The number of para-hydroxylation sites is 1. The summed E-state index contributed by atoms with van der Waals surface area (Å²) in [5, 5.41) is 12.2. The fourth-order valence-electron chi connectivity index (χ4n) is 1.51. The molecule has 0 heterocycles. The van der Waals surface area contributed by atoms with Crippen LogP contribution in [0.4, 0.5) is 14.5 Å². The Kier molecular flexibility index (Phi) is 7.43. The quantitative estimate of drug-likeness (QED) is 0.684. The monoisotopic (exact) mass is 289 g/mol. The van der Waals surface area contributed by atoms with E-state index in [9.17, 15) is 13.9 Å². The van der Waals surface area contributed by atoms with Crippen molar-refractivity contribution in [1.29, 1.82) is 0 Å². The zero-order valence-corrected chi connectivity index (χ0v) is 11.7. The Hall–Kier alpha value is -1.24. The fraction of sp³-hybridized carbons (Fsp3) is 0.571. The normalized spacial score (nSPS) is 12.7. The predicted molar refractivity (Wildman–Crippen MR) is 72.8 cm³/mol. The van der Waals surface area contributed by atoms with E-state index in [4.69, 9.17) is 9.47 Å². The number of hydrogen-bond acceptors (Lipinski definition) is 4. The van der Waals surface area contributed by atoms with E-state index in [1.165, 1.54) is 6.07 Å². The lowest BCUT2D eigenvalue weighted by molar-refractivity contribution is -0.00736. The molecule has 0 spiro atoms. The molecule has 1 atom stereocenters. The van der Waals surface area contributed by atoms with E-state index in [0.717, 1.165) is 12.1 Å². The molecule has 114 valence electrons. The lowest BCUT2D eigenvalue weighted by Gasteiger charge is -2.14. The summed E-state index contributed by atoms with van der Waals surface area (Å²) in [6, 6.07) is 3.58. The number of ether oxygens (including phenoxy) is 2. The Morgan fingerprint density at radius 1 is 1.20 bits per heavy atom. The predicted octanol–water partition coefficient (Wildman–Crippen LogP) is 2.18. The zero-order valence-electron chi connectivity index (χ0n) is 11.7. The number of aliphatic hydroxyl groups excluding tert-OH is 1. The highest BCUT2D eigenvalue weighted by molar-refractivity contribution is 5.46. The van der Waals surface area contributed by atoms with Crippen LogP contribution in [0.2, 0.25) is 0 Å². The maximum Gasteiger partial charge on any atom is 0.149 e. The van der Waals surface area contributed by atoms with E-state index in [-0.39, 0.29) is 24.9 Å². The summed E-state index contributed by atoms with van der Waals surface area (Å²) in [6.45, 7) is 4.72. The highest BCUT2D eigenvalue weighted by atomic mass is 19.1. The van der Waals surface area contributed by atoms with Crippen LogP contribution < -0.4 is 5.32 Å². The first-order valence-electron chi connectivity index (χ1n) is 6.56. The Morgan fingerprint density at radius 2 is 1.85 bits per heavy atom. The first-order chi connectivity index (χ1) is 9.50. The van der Waals surface area contributed by atoms with Crippen LogP contribution in [0.5, 0.6) is 0 Å². The molecule has 20 heavy (non-hydrogen) atoms. The molecule has 1 aromatic rings. The van der Waals surface area contributed by atoms with E-state index >= 15 is 0 Å². The van der Waals surface area contributed by atoms with Gasteiger partial charge in [-0.05, 0) is 26.0 Å². The molecule has 0 aliphatic rings. The minimum atomic E-state index is -0.854. The number of aliphatic hydroxyl groups is 1. The summed E-state index contributed by atoms with van der Waals surface area (Å²) in [5.41, 5.74) is -0.241. The van der Waals surface area contributed by atoms with E-state index in [1.807, 2.05) is 13.8 Å². The number of benzene rings is 1. The van der Waals surface area contributed by atoms with Crippen molar-refractivity contribution in [3.8, 4) is 0 Å². The molecule has 4 nitrogen and oxygen atoms in total. The standard InChI is InChI=1S/C14H21F2NO3/c1-10(2)20-7-6-19-9-11(18)8-17-14-12(15)4-3-5-13(14)16/h3-5,10-11,17-18H,6-9H2,1-2H3. The van der Waals surface area contributed by atoms with Gasteiger partial charge in [-0.15, -0.1) is 0 Å². The molecule has 6 heteroatoms. The number of anilines is 1. The van der Waals surface area contributed by atoms with Crippen molar-refractivity contribution in [1.82, 2.24) is 0 Å². The molecule has 0 saturated carbocycles. The second-order valence-corrected chi connectivity index (χ2v) is 4.63. The van der Waals surface area contributed by atoms with Crippen molar-refractivity contribution in [3.05, 3.63) is 29.8 Å². The molecule has 0 aliphatic carbocycles. The minimum absolute atomic E-state index is 0.00287. The van der Waals surface area contributed by atoms with Gasteiger partial charge in [0.05, 0.1) is 32.0 Å². The van der Waals surface area contributed by atoms with Crippen LogP contribution in [0.15, 0.2) is 18.2 Å². The van der Waals surface area contributed by atoms with Gasteiger partial charge in [-0.25, -0.2) is 8.78 Å². The number of halogens is 2. The van der Waals surface area contributed by atoms with Crippen LogP contribution in [0, 0.1) is 11.6 Å². The first-order valence-corrected chi connectivity index (χ1v) is 6.56. The highest BCUT2D eigenvalue weighted by Crippen LogP contribution is 2.17. The van der Waals surface area contributed by atoms with Crippen molar-refractivity contribution < 1.29 is 23.4 Å². The number of hydrogen-bond donors (Lipinski definition) is 2. The van der Waals surface area contributed by atoms with Crippen molar-refractivity contribution in [3.63, 3.8) is 0 Å². The van der Waals surface area contributed by atoms with Crippen LogP contribution in [0.3, 0.4) is 0 Å². The van der Waals surface area contributed by atoms with E-state index in [2.05, 4.69) is 5.32 Å². The van der Waals surface area contributed by atoms with Crippen LogP contribution in [0.1, 0.15) is 13.8 Å². The lowest BCUT2D eigenvalue weighted by Crippen LogP contribution is -2.26. The lowest BCUT2D eigenvalue weighted by atomic mass is 10.2. The van der Waals surface area contributed by atoms with Gasteiger partial charge in [0.15, 0.2) is 0 Å². The molecule has 0 bridgehead atoms. The van der Waals surface area contributed by atoms with Crippen molar-refractivity contribution in [2.45, 2.75) is 26.1 Å². The Balaban J connectivity index is 2.21. The second kappa shape index (κ2) is 8.84. The largest absolute Gasteiger partial charge is 0.389 e.